The van der Waals surface area contributed by atoms with Gasteiger partial charge in [-0.05, 0) is 61.5 Å². The van der Waals surface area contributed by atoms with E-state index in [9.17, 15) is 9.90 Å². The molecule has 1 fully saturated rings. The highest BCUT2D eigenvalue weighted by molar-refractivity contribution is 7.12. The van der Waals surface area contributed by atoms with Gasteiger partial charge in [0.05, 0.1) is 15.8 Å². The van der Waals surface area contributed by atoms with Crippen molar-refractivity contribution in [1.29, 1.82) is 0 Å². The van der Waals surface area contributed by atoms with Crippen molar-refractivity contribution in [2.24, 2.45) is 11.1 Å². The van der Waals surface area contributed by atoms with Gasteiger partial charge in [-0.1, -0.05) is 28.4 Å². The second-order valence-corrected chi connectivity index (χ2v) is 8.57. The van der Waals surface area contributed by atoms with E-state index in [1.54, 1.807) is 23.5 Å². The van der Waals surface area contributed by atoms with Crippen LogP contribution >= 0.6 is 34.5 Å². The van der Waals surface area contributed by atoms with E-state index in [0.29, 0.717) is 35.5 Å². The van der Waals surface area contributed by atoms with Gasteiger partial charge in [0.15, 0.2) is 0 Å². The molecule has 1 aliphatic heterocycles. The number of nitrogens with zero attached hydrogens (tertiary/aromatic N) is 2. The van der Waals surface area contributed by atoms with E-state index >= 15 is 0 Å². The maximum Gasteiger partial charge on any atom is 0.307 e. The third-order valence-corrected chi connectivity index (χ3v) is 6.34. The summed E-state index contributed by atoms with van der Waals surface area (Å²) in [4.78, 5) is 19.9. The number of carboxylic acid groups (broad SMARTS) is 1. The van der Waals surface area contributed by atoms with Crippen LogP contribution in [0.4, 0.5) is 0 Å². The zero-order valence-electron chi connectivity index (χ0n) is 15.5. The average molecular weight is 441 g/mol. The van der Waals surface area contributed by atoms with Gasteiger partial charge in [-0.3, -0.25) is 9.69 Å². The summed E-state index contributed by atoms with van der Waals surface area (Å²) in [6.07, 6.45) is 1.63. The molecule has 5 nitrogen and oxygen atoms in total. The van der Waals surface area contributed by atoms with E-state index in [2.05, 4.69) is 10.1 Å². The van der Waals surface area contributed by atoms with Crippen LogP contribution < -0.4 is 0 Å². The molecule has 0 bridgehead atoms. The highest BCUT2D eigenvalue weighted by Gasteiger charge is 2.25. The Morgan fingerprint density at radius 2 is 2.21 bits per heavy atom. The Bertz CT molecular complexity index is 869. The summed E-state index contributed by atoms with van der Waals surface area (Å²) in [7, 11) is 0. The molecule has 0 spiro atoms. The SMILES string of the molecule is Cc1ccsc1/C(=N/OCCN1CCCC(C(=O)O)C1)c1ccc(Cl)cc1Cl. The van der Waals surface area contributed by atoms with E-state index in [4.69, 9.17) is 28.0 Å². The number of carboxylic acids is 1. The number of halogens is 2. The van der Waals surface area contributed by atoms with Crippen LogP contribution in [0.15, 0.2) is 34.8 Å². The van der Waals surface area contributed by atoms with E-state index in [-0.39, 0.29) is 5.92 Å². The maximum atomic E-state index is 11.2. The van der Waals surface area contributed by atoms with Crippen LogP contribution in [0.5, 0.6) is 0 Å². The first-order chi connectivity index (χ1) is 13.5. The molecule has 0 amide bonds. The third-order valence-electron chi connectivity index (χ3n) is 4.77. The molecule has 0 radical (unpaired) electrons. The summed E-state index contributed by atoms with van der Waals surface area (Å²) in [5, 5.41) is 16.7. The third kappa shape index (κ3) is 5.26. The number of hydrogen-bond donors (Lipinski definition) is 1. The molecular weight excluding hydrogens is 419 g/mol. The summed E-state index contributed by atoms with van der Waals surface area (Å²) >= 11 is 14.0. The maximum absolute atomic E-state index is 11.2. The normalized spacial score (nSPS) is 18.2. The molecule has 1 aromatic carbocycles. The number of aliphatic carboxylic acids is 1. The largest absolute Gasteiger partial charge is 0.481 e. The van der Waals surface area contributed by atoms with E-state index < -0.39 is 5.97 Å². The van der Waals surface area contributed by atoms with E-state index in [1.165, 1.54) is 0 Å². The van der Waals surface area contributed by atoms with Crippen molar-refractivity contribution < 1.29 is 14.7 Å². The van der Waals surface area contributed by atoms with Gasteiger partial charge in [-0.2, -0.15) is 0 Å². The quantitative estimate of drug-likeness (QED) is 0.376. The first-order valence-corrected chi connectivity index (χ1v) is 10.7. The standard InChI is InChI=1S/C20H22Cl2N2O3S/c1-13-6-10-28-19(13)18(16-5-4-15(21)11-17(16)22)23-27-9-8-24-7-2-3-14(12-24)20(25)26/h4-6,10-11,14H,2-3,7-9,12H2,1H3,(H,25,26)/b23-18+. The molecule has 1 saturated heterocycles. The van der Waals surface area contributed by atoms with Crippen LogP contribution in [0, 0.1) is 12.8 Å². The Balaban J connectivity index is 1.70. The smallest absolute Gasteiger partial charge is 0.307 e. The molecule has 3 rings (SSSR count). The monoisotopic (exact) mass is 440 g/mol. The zero-order chi connectivity index (χ0) is 20.1. The Hall–Kier alpha value is -1.60. The number of hydrogen-bond acceptors (Lipinski definition) is 5. The summed E-state index contributed by atoms with van der Waals surface area (Å²) in [5.41, 5.74) is 2.54. The van der Waals surface area contributed by atoms with Gasteiger partial charge < -0.3 is 9.94 Å². The molecular formula is C20H22Cl2N2O3S. The minimum atomic E-state index is -0.725. The van der Waals surface area contributed by atoms with Crippen molar-refractivity contribution in [3.63, 3.8) is 0 Å². The first-order valence-electron chi connectivity index (χ1n) is 9.10. The zero-order valence-corrected chi connectivity index (χ0v) is 17.9. The molecule has 150 valence electrons. The molecule has 2 aromatic rings. The predicted octanol–water partition coefficient (Wildman–Crippen LogP) is 4.93. The molecule has 0 aliphatic carbocycles. The summed E-state index contributed by atoms with van der Waals surface area (Å²) in [5.74, 6) is -1.02. The molecule has 1 unspecified atom stereocenters. The predicted molar refractivity (Wildman–Crippen MR) is 114 cm³/mol. The number of thiophene rings is 1. The lowest BCUT2D eigenvalue weighted by molar-refractivity contribution is -0.143. The average Bonchev–Trinajstić information content (AvgIpc) is 3.08. The lowest BCUT2D eigenvalue weighted by Gasteiger charge is -2.29. The molecule has 1 N–H and O–H groups in total. The summed E-state index contributed by atoms with van der Waals surface area (Å²) in [6, 6.07) is 7.34. The van der Waals surface area contributed by atoms with Crippen molar-refractivity contribution in [1.82, 2.24) is 4.90 Å². The number of piperidine rings is 1. The van der Waals surface area contributed by atoms with Crippen LogP contribution in [-0.4, -0.2) is 47.9 Å². The summed E-state index contributed by atoms with van der Waals surface area (Å²) in [6.45, 7) is 4.48. The van der Waals surface area contributed by atoms with Crippen LogP contribution in [0.25, 0.3) is 0 Å². The molecule has 2 heterocycles. The van der Waals surface area contributed by atoms with Gasteiger partial charge >= 0.3 is 5.97 Å². The van der Waals surface area contributed by atoms with Crippen LogP contribution in [0.2, 0.25) is 10.0 Å². The molecule has 1 aliphatic rings. The van der Waals surface area contributed by atoms with Crippen molar-refractivity contribution in [2.75, 3.05) is 26.2 Å². The first kappa shape index (κ1) is 21.1. The number of aryl methyl sites for hydroxylation is 1. The van der Waals surface area contributed by atoms with Crippen molar-refractivity contribution >= 4 is 46.2 Å². The van der Waals surface area contributed by atoms with Crippen LogP contribution in [0.3, 0.4) is 0 Å². The van der Waals surface area contributed by atoms with Crippen molar-refractivity contribution in [3.8, 4) is 0 Å². The number of oxime groups is 1. The Kier molecular flexibility index (Phi) is 7.35. The highest BCUT2D eigenvalue weighted by atomic mass is 35.5. The van der Waals surface area contributed by atoms with Gasteiger partial charge in [0.1, 0.15) is 12.3 Å². The minimum absolute atomic E-state index is 0.297. The lowest BCUT2D eigenvalue weighted by Crippen LogP contribution is -2.40. The fourth-order valence-corrected chi connectivity index (χ4v) is 4.67. The fraction of sp³-hybridized carbons (Fsp3) is 0.400. The number of rotatable bonds is 7. The fourth-order valence-electron chi connectivity index (χ4n) is 3.25. The highest BCUT2D eigenvalue weighted by Crippen LogP contribution is 2.27. The Morgan fingerprint density at radius 1 is 1.39 bits per heavy atom. The van der Waals surface area contributed by atoms with E-state index in [0.717, 1.165) is 35.4 Å². The van der Waals surface area contributed by atoms with Crippen molar-refractivity contribution in [2.45, 2.75) is 19.8 Å². The topological polar surface area (TPSA) is 62.1 Å². The Labute approximate surface area is 178 Å². The number of likely N-dealkylation sites (tertiary alicyclic amines) is 1. The minimum Gasteiger partial charge on any atom is -0.481 e. The van der Waals surface area contributed by atoms with Gasteiger partial charge in [0.25, 0.3) is 0 Å². The number of carbonyl (C=O) groups is 1. The van der Waals surface area contributed by atoms with Gasteiger partial charge in [-0.25, -0.2) is 0 Å². The van der Waals surface area contributed by atoms with Gasteiger partial charge in [0.2, 0.25) is 0 Å². The summed E-state index contributed by atoms with van der Waals surface area (Å²) < 4.78 is 0. The van der Waals surface area contributed by atoms with Crippen LogP contribution in [0.1, 0.15) is 28.8 Å². The van der Waals surface area contributed by atoms with Crippen LogP contribution in [-0.2, 0) is 9.63 Å². The molecule has 28 heavy (non-hydrogen) atoms. The second-order valence-electron chi connectivity index (χ2n) is 6.81. The molecule has 1 aromatic heterocycles. The molecule has 1 atom stereocenters. The lowest BCUT2D eigenvalue weighted by atomic mass is 9.98. The molecule has 0 saturated carbocycles. The van der Waals surface area contributed by atoms with Gasteiger partial charge in [-0.15, -0.1) is 11.3 Å². The Morgan fingerprint density at radius 3 is 2.89 bits per heavy atom. The van der Waals surface area contributed by atoms with E-state index in [1.807, 2.05) is 24.4 Å². The van der Waals surface area contributed by atoms with Crippen molar-refractivity contribution in [3.05, 3.63) is 55.7 Å². The molecule has 8 heteroatoms. The second kappa shape index (κ2) is 9.74. The van der Waals surface area contributed by atoms with Gasteiger partial charge in [0, 0.05) is 23.7 Å². The number of benzene rings is 1.